The third-order valence-corrected chi connectivity index (χ3v) is 3.47. The van der Waals surface area contributed by atoms with Crippen LogP contribution in [0.15, 0.2) is 24.3 Å². The Morgan fingerprint density at radius 3 is 3.06 bits per heavy atom. The Morgan fingerprint density at radius 1 is 1.39 bits per heavy atom. The van der Waals surface area contributed by atoms with E-state index in [-0.39, 0.29) is 0 Å². The van der Waals surface area contributed by atoms with Crippen LogP contribution in [0.25, 0.3) is 0 Å². The molecule has 2 heterocycles. The lowest BCUT2D eigenvalue weighted by atomic mass is 10.1. The molecule has 0 bridgehead atoms. The largest absolute Gasteiger partial charge is 0.316 e. The summed E-state index contributed by atoms with van der Waals surface area (Å²) in [7, 11) is 0. The van der Waals surface area contributed by atoms with Crippen molar-refractivity contribution >= 4 is 0 Å². The topological polar surface area (TPSA) is 55.6 Å². The van der Waals surface area contributed by atoms with Gasteiger partial charge in [-0.05, 0) is 36.2 Å². The fourth-order valence-electron chi connectivity index (χ4n) is 2.30. The first kappa shape index (κ1) is 11.3. The summed E-state index contributed by atoms with van der Waals surface area (Å²) in [4.78, 5) is 1.69. The van der Waals surface area contributed by atoms with Gasteiger partial charge in [0.25, 0.3) is 0 Å². The third-order valence-electron chi connectivity index (χ3n) is 3.47. The highest BCUT2D eigenvalue weighted by atomic mass is 15.6. The van der Waals surface area contributed by atoms with E-state index >= 15 is 0 Å². The predicted octanol–water partition coefficient (Wildman–Crippen LogP) is 1.11. The second-order valence-corrected chi connectivity index (χ2v) is 4.79. The van der Waals surface area contributed by atoms with Crippen molar-refractivity contribution in [2.75, 3.05) is 13.1 Å². The van der Waals surface area contributed by atoms with Crippen LogP contribution in [0.4, 0.5) is 0 Å². The van der Waals surface area contributed by atoms with E-state index in [1.54, 1.807) is 4.80 Å². The summed E-state index contributed by atoms with van der Waals surface area (Å²) >= 11 is 0. The molecule has 5 heteroatoms. The van der Waals surface area contributed by atoms with Gasteiger partial charge in [-0.1, -0.05) is 24.3 Å². The minimum atomic E-state index is 0.427. The van der Waals surface area contributed by atoms with E-state index in [9.17, 15) is 0 Å². The van der Waals surface area contributed by atoms with Crippen LogP contribution in [0.3, 0.4) is 0 Å². The van der Waals surface area contributed by atoms with E-state index in [4.69, 9.17) is 0 Å². The second-order valence-electron chi connectivity index (χ2n) is 4.79. The van der Waals surface area contributed by atoms with Gasteiger partial charge in [0.1, 0.15) is 0 Å². The molecule has 0 aliphatic carbocycles. The van der Waals surface area contributed by atoms with Crippen molar-refractivity contribution in [2.24, 2.45) is 0 Å². The molecular formula is C13H17N5. The van der Waals surface area contributed by atoms with Crippen LogP contribution in [0.5, 0.6) is 0 Å². The molecule has 5 nitrogen and oxygen atoms in total. The van der Waals surface area contributed by atoms with Crippen LogP contribution in [-0.2, 0) is 6.54 Å². The molecule has 1 aromatic carbocycles. The Hall–Kier alpha value is -1.75. The summed E-state index contributed by atoms with van der Waals surface area (Å²) in [6, 6.07) is 8.30. The molecule has 2 aromatic rings. The van der Waals surface area contributed by atoms with E-state index in [1.807, 2.05) is 12.1 Å². The van der Waals surface area contributed by atoms with Crippen molar-refractivity contribution in [1.82, 2.24) is 25.5 Å². The molecule has 0 spiro atoms. The quantitative estimate of drug-likeness (QED) is 0.877. The summed E-state index contributed by atoms with van der Waals surface area (Å²) in [5, 5.41) is 16.1. The minimum Gasteiger partial charge on any atom is -0.316 e. The van der Waals surface area contributed by atoms with Gasteiger partial charge in [0.15, 0.2) is 5.82 Å². The van der Waals surface area contributed by atoms with Gasteiger partial charge in [-0.25, -0.2) is 0 Å². The molecule has 1 aromatic heterocycles. The summed E-state index contributed by atoms with van der Waals surface area (Å²) in [6.07, 6.45) is 1.11. The summed E-state index contributed by atoms with van der Waals surface area (Å²) in [5.41, 5.74) is 2.50. The fraction of sp³-hybridized carbons (Fsp3) is 0.462. The lowest BCUT2D eigenvalue weighted by Crippen LogP contribution is -2.10. The van der Waals surface area contributed by atoms with Crippen LogP contribution in [0.1, 0.15) is 29.3 Å². The van der Waals surface area contributed by atoms with Gasteiger partial charge in [0, 0.05) is 12.5 Å². The number of nitrogens with one attached hydrogen (secondary N) is 1. The number of rotatable bonds is 3. The van der Waals surface area contributed by atoms with Gasteiger partial charge in [0.2, 0.25) is 0 Å². The minimum absolute atomic E-state index is 0.427. The highest BCUT2D eigenvalue weighted by Crippen LogP contribution is 2.17. The number of tetrazole rings is 1. The maximum absolute atomic E-state index is 4.48. The van der Waals surface area contributed by atoms with Gasteiger partial charge in [0.05, 0.1) is 6.54 Å². The van der Waals surface area contributed by atoms with E-state index in [0.29, 0.717) is 12.5 Å². The smallest absolute Gasteiger partial charge is 0.179 e. The molecule has 18 heavy (non-hydrogen) atoms. The van der Waals surface area contributed by atoms with E-state index in [0.717, 1.165) is 25.3 Å². The second kappa shape index (κ2) is 4.86. The molecule has 1 saturated heterocycles. The monoisotopic (exact) mass is 243 g/mol. The Labute approximate surface area is 106 Å². The number of nitrogens with zero attached hydrogens (tertiary/aromatic N) is 4. The molecule has 1 unspecified atom stereocenters. The lowest BCUT2D eigenvalue weighted by Gasteiger charge is -2.03. The molecule has 0 amide bonds. The molecule has 1 N–H and O–H groups in total. The van der Waals surface area contributed by atoms with Crippen molar-refractivity contribution < 1.29 is 0 Å². The lowest BCUT2D eigenvalue weighted by molar-refractivity contribution is 0.565. The van der Waals surface area contributed by atoms with E-state index in [1.165, 1.54) is 11.1 Å². The summed E-state index contributed by atoms with van der Waals surface area (Å²) in [6.45, 7) is 4.82. The van der Waals surface area contributed by atoms with Crippen LogP contribution in [-0.4, -0.2) is 33.3 Å². The van der Waals surface area contributed by atoms with Gasteiger partial charge in [-0.2, -0.15) is 4.80 Å². The summed E-state index contributed by atoms with van der Waals surface area (Å²) in [5.74, 6) is 1.30. The molecule has 1 fully saturated rings. The number of hydrogen-bond donors (Lipinski definition) is 1. The average Bonchev–Trinajstić information content (AvgIpc) is 3.02. The van der Waals surface area contributed by atoms with Crippen LogP contribution in [0, 0.1) is 6.92 Å². The van der Waals surface area contributed by atoms with Crippen molar-refractivity contribution in [3.63, 3.8) is 0 Å². The molecule has 3 rings (SSSR count). The molecular weight excluding hydrogens is 226 g/mol. The number of aromatic nitrogens is 4. The normalized spacial score (nSPS) is 19.3. The molecule has 0 saturated carbocycles. The fourth-order valence-corrected chi connectivity index (χ4v) is 2.30. The van der Waals surface area contributed by atoms with Crippen molar-refractivity contribution in [1.29, 1.82) is 0 Å². The van der Waals surface area contributed by atoms with Gasteiger partial charge in [-0.15, -0.1) is 10.2 Å². The first-order valence-electron chi connectivity index (χ1n) is 6.36. The zero-order valence-corrected chi connectivity index (χ0v) is 10.5. The SMILES string of the molecule is Cc1ccccc1Cn1nnc(C2CCNC2)n1. The first-order valence-corrected chi connectivity index (χ1v) is 6.36. The van der Waals surface area contributed by atoms with Gasteiger partial charge < -0.3 is 5.32 Å². The van der Waals surface area contributed by atoms with Crippen molar-refractivity contribution in [3.05, 3.63) is 41.2 Å². The van der Waals surface area contributed by atoms with Gasteiger partial charge >= 0.3 is 0 Å². The molecule has 94 valence electrons. The molecule has 1 aliphatic rings. The third kappa shape index (κ3) is 2.26. The molecule has 1 atom stereocenters. The Morgan fingerprint density at radius 2 is 2.28 bits per heavy atom. The Bertz CT molecular complexity index is 528. The number of aryl methyl sites for hydroxylation is 1. The highest BCUT2D eigenvalue weighted by molar-refractivity contribution is 5.25. The number of benzene rings is 1. The predicted molar refractivity (Wildman–Crippen MR) is 68.3 cm³/mol. The summed E-state index contributed by atoms with van der Waals surface area (Å²) < 4.78 is 0. The molecule has 1 aliphatic heterocycles. The Balaban J connectivity index is 1.75. The highest BCUT2D eigenvalue weighted by Gasteiger charge is 2.21. The van der Waals surface area contributed by atoms with Gasteiger partial charge in [-0.3, -0.25) is 0 Å². The van der Waals surface area contributed by atoms with Crippen molar-refractivity contribution in [3.8, 4) is 0 Å². The maximum Gasteiger partial charge on any atom is 0.179 e. The van der Waals surface area contributed by atoms with Crippen LogP contribution in [0.2, 0.25) is 0 Å². The van der Waals surface area contributed by atoms with E-state index in [2.05, 4.69) is 39.8 Å². The maximum atomic E-state index is 4.48. The Kier molecular flexibility index (Phi) is 3.06. The zero-order valence-electron chi connectivity index (χ0n) is 10.5. The molecule has 0 radical (unpaired) electrons. The average molecular weight is 243 g/mol. The first-order chi connectivity index (χ1) is 8.83. The van der Waals surface area contributed by atoms with Crippen molar-refractivity contribution in [2.45, 2.75) is 25.8 Å². The van der Waals surface area contributed by atoms with Crippen LogP contribution >= 0.6 is 0 Å². The van der Waals surface area contributed by atoms with Crippen LogP contribution < -0.4 is 5.32 Å². The number of hydrogen-bond acceptors (Lipinski definition) is 4. The standard InChI is InChI=1S/C13H17N5/c1-10-4-2-3-5-12(10)9-18-16-13(15-17-18)11-6-7-14-8-11/h2-5,11,14H,6-9H2,1H3. The van der Waals surface area contributed by atoms with E-state index < -0.39 is 0 Å². The zero-order chi connectivity index (χ0) is 12.4.